The van der Waals surface area contributed by atoms with Crippen LogP contribution in [0.25, 0.3) is 0 Å². The molecule has 0 aromatic heterocycles. The molecule has 1 saturated heterocycles. The molecule has 0 bridgehead atoms. The summed E-state index contributed by atoms with van der Waals surface area (Å²) < 4.78 is 23.4. The van der Waals surface area contributed by atoms with Crippen LogP contribution in [-0.4, -0.2) is 19.3 Å². The largest absolute Gasteiger partial charge is 0.485 e. The summed E-state index contributed by atoms with van der Waals surface area (Å²) in [6, 6.07) is 4.90. The van der Waals surface area contributed by atoms with Crippen molar-refractivity contribution in [3.63, 3.8) is 0 Å². The van der Waals surface area contributed by atoms with Gasteiger partial charge in [0.1, 0.15) is 17.7 Å². The molecule has 70 valence electrons. The second kappa shape index (κ2) is 3.34. The molecule has 1 heterocycles. The number of benzene rings is 1. The van der Waals surface area contributed by atoms with Crippen LogP contribution >= 0.6 is 0 Å². The zero-order chi connectivity index (χ0) is 9.26. The second-order valence-electron chi connectivity index (χ2n) is 3.19. The number of halogens is 1. The molecule has 0 radical (unpaired) electrons. The van der Waals surface area contributed by atoms with Crippen molar-refractivity contribution >= 4 is 0 Å². The molecule has 1 aliphatic rings. The Morgan fingerprint density at radius 3 is 2.77 bits per heavy atom. The molecule has 2 rings (SSSR count). The fraction of sp³-hybridized carbons (Fsp3) is 0.400. The Balaban J connectivity index is 2.07. The smallest absolute Gasteiger partial charge is 0.145 e. The van der Waals surface area contributed by atoms with E-state index in [2.05, 4.69) is 0 Å². The second-order valence-corrected chi connectivity index (χ2v) is 3.19. The fourth-order valence-corrected chi connectivity index (χ4v) is 1.12. The Bertz CT molecular complexity index is 308. The van der Waals surface area contributed by atoms with E-state index in [9.17, 15) is 4.39 Å². The van der Waals surface area contributed by atoms with Gasteiger partial charge in [-0.05, 0) is 18.6 Å². The fourth-order valence-electron chi connectivity index (χ4n) is 1.12. The van der Waals surface area contributed by atoms with Gasteiger partial charge in [0.2, 0.25) is 0 Å². The predicted molar refractivity (Wildman–Crippen MR) is 46.4 cm³/mol. The lowest BCUT2D eigenvalue weighted by Crippen LogP contribution is -2.38. The highest BCUT2D eigenvalue weighted by molar-refractivity contribution is 5.28. The normalized spacial score (nSPS) is 16.8. The van der Waals surface area contributed by atoms with E-state index in [1.54, 1.807) is 19.1 Å². The van der Waals surface area contributed by atoms with E-state index in [0.717, 1.165) is 0 Å². The topological polar surface area (TPSA) is 18.5 Å². The minimum Gasteiger partial charge on any atom is -0.485 e. The summed E-state index contributed by atoms with van der Waals surface area (Å²) in [6.07, 6.45) is 0.0992. The Hall–Kier alpha value is -1.09. The quantitative estimate of drug-likeness (QED) is 0.695. The van der Waals surface area contributed by atoms with Crippen molar-refractivity contribution in [1.82, 2.24) is 0 Å². The SMILES string of the molecule is Cc1ccc(OC2COC2)cc1F. The van der Waals surface area contributed by atoms with E-state index in [-0.39, 0.29) is 11.9 Å². The molecule has 1 fully saturated rings. The zero-order valence-electron chi connectivity index (χ0n) is 7.42. The molecule has 0 spiro atoms. The number of hydrogen-bond donors (Lipinski definition) is 0. The number of aryl methyl sites for hydroxylation is 1. The summed E-state index contributed by atoms with van der Waals surface area (Å²) in [5.74, 6) is 0.356. The molecule has 1 aromatic rings. The Morgan fingerprint density at radius 1 is 1.46 bits per heavy atom. The molecule has 1 aromatic carbocycles. The molecule has 0 atom stereocenters. The Morgan fingerprint density at radius 2 is 2.23 bits per heavy atom. The molecular weight excluding hydrogens is 171 g/mol. The van der Waals surface area contributed by atoms with E-state index < -0.39 is 0 Å². The standard InChI is InChI=1S/C10H11FO2/c1-7-2-3-8(4-10(7)11)13-9-5-12-6-9/h2-4,9H,5-6H2,1H3. The van der Waals surface area contributed by atoms with Gasteiger partial charge in [0.05, 0.1) is 13.2 Å². The predicted octanol–water partition coefficient (Wildman–Crippen LogP) is 1.91. The van der Waals surface area contributed by atoms with Crippen LogP contribution in [0.3, 0.4) is 0 Å². The van der Waals surface area contributed by atoms with Crippen molar-refractivity contribution in [3.05, 3.63) is 29.6 Å². The first-order valence-corrected chi connectivity index (χ1v) is 4.26. The Kier molecular flexibility index (Phi) is 2.19. The molecule has 0 N–H and O–H groups in total. The minimum absolute atomic E-state index is 0.0992. The van der Waals surface area contributed by atoms with Crippen molar-refractivity contribution in [1.29, 1.82) is 0 Å². The van der Waals surface area contributed by atoms with Crippen LogP contribution in [0.15, 0.2) is 18.2 Å². The zero-order valence-corrected chi connectivity index (χ0v) is 7.42. The maximum Gasteiger partial charge on any atom is 0.145 e. The first kappa shape index (κ1) is 8.51. The van der Waals surface area contributed by atoms with Crippen molar-refractivity contribution in [2.24, 2.45) is 0 Å². The van der Waals surface area contributed by atoms with Crippen molar-refractivity contribution in [2.75, 3.05) is 13.2 Å². The highest BCUT2D eigenvalue weighted by atomic mass is 19.1. The third kappa shape index (κ3) is 1.80. The first-order chi connectivity index (χ1) is 6.25. The van der Waals surface area contributed by atoms with Crippen LogP contribution in [0, 0.1) is 12.7 Å². The Labute approximate surface area is 76.3 Å². The first-order valence-electron chi connectivity index (χ1n) is 4.26. The highest BCUT2D eigenvalue weighted by Gasteiger charge is 2.20. The van der Waals surface area contributed by atoms with Crippen LogP contribution in [0.1, 0.15) is 5.56 Å². The summed E-state index contributed by atoms with van der Waals surface area (Å²) in [6.45, 7) is 2.94. The summed E-state index contributed by atoms with van der Waals surface area (Å²) in [7, 11) is 0. The highest BCUT2D eigenvalue weighted by Crippen LogP contribution is 2.19. The van der Waals surface area contributed by atoms with Gasteiger partial charge in [-0.2, -0.15) is 0 Å². The number of hydrogen-bond acceptors (Lipinski definition) is 2. The minimum atomic E-state index is -0.224. The van der Waals surface area contributed by atoms with Gasteiger partial charge in [0.15, 0.2) is 0 Å². The van der Waals surface area contributed by atoms with E-state index in [4.69, 9.17) is 9.47 Å². The molecule has 3 heteroatoms. The number of rotatable bonds is 2. The molecule has 0 amide bonds. The third-order valence-electron chi connectivity index (χ3n) is 2.05. The van der Waals surface area contributed by atoms with Gasteiger partial charge in [-0.3, -0.25) is 0 Å². The van der Waals surface area contributed by atoms with Crippen molar-refractivity contribution < 1.29 is 13.9 Å². The van der Waals surface area contributed by atoms with Gasteiger partial charge in [-0.15, -0.1) is 0 Å². The maximum absolute atomic E-state index is 13.0. The van der Waals surface area contributed by atoms with Crippen LogP contribution in [0.5, 0.6) is 5.75 Å². The number of ether oxygens (including phenoxy) is 2. The molecule has 2 nitrogen and oxygen atoms in total. The van der Waals surface area contributed by atoms with Crippen molar-refractivity contribution in [3.8, 4) is 5.75 Å². The van der Waals surface area contributed by atoms with Gasteiger partial charge in [0.25, 0.3) is 0 Å². The van der Waals surface area contributed by atoms with Gasteiger partial charge < -0.3 is 9.47 Å². The van der Waals surface area contributed by atoms with E-state index >= 15 is 0 Å². The van der Waals surface area contributed by atoms with Crippen molar-refractivity contribution in [2.45, 2.75) is 13.0 Å². The van der Waals surface area contributed by atoms with E-state index in [1.807, 2.05) is 0 Å². The van der Waals surface area contributed by atoms with Gasteiger partial charge in [-0.25, -0.2) is 4.39 Å². The third-order valence-corrected chi connectivity index (χ3v) is 2.05. The molecule has 1 aliphatic heterocycles. The van der Waals surface area contributed by atoms with E-state index in [0.29, 0.717) is 24.5 Å². The van der Waals surface area contributed by atoms with Crippen LogP contribution < -0.4 is 4.74 Å². The molecule has 0 aliphatic carbocycles. The summed E-state index contributed by atoms with van der Waals surface area (Å²) in [5.41, 5.74) is 0.636. The van der Waals surface area contributed by atoms with Gasteiger partial charge >= 0.3 is 0 Å². The molecule has 0 unspecified atom stereocenters. The van der Waals surface area contributed by atoms with Gasteiger partial charge in [-0.1, -0.05) is 6.07 Å². The van der Waals surface area contributed by atoms with E-state index in [1.165, 1.54) is 6.07 Å². The average molecular weight is 182 g/mol. The average Bonchev–Trinajstić information content (AvgIpc) is 2.04. The lowest BCUT2D eigenvalue weighted by Gasteiger charge is -2.26. The lowest BCUT2D eigenvalue weighted by molar-refractivity contribution is -0.0797. The molecule has 13 heavy (non-hydrogen) atoms. The molecule has 0 saturated carbocycles. The maximum atomic E-state index is 13.0. The lowest BCUT2D eigenvalue weighted by atomic mass is 10.2. The van der Waals surface area contributed by atoms with Gasteiger partial charge in [0, 0.05) is 6.07 Å². The monoisotopic (exact) mass is 182 g/mol. The summed E-state index contributed by atoms with van der Waals surface area (Å²) in [5, 5.41) is 0. The van der Waals surface area contributed by atoms with Crippen LogP contribution in [0.2, 0.25) is 0 Å². The van der Waals surface area contributed by atoms with Crippen LogP contribution in [0.4, 0.5) is 4.39 Å². The summed E-state index contributed by atoms with van der Waals surface area (Å²) in [4.78, 5) is 0. The molecular formula is C10H11FO2. The van der Waals surface area contributed by atoms with Crippen LogP contribution in [-0.2, 0) is 4.74 Å². The summed E-state index contributed by atoms with van der Waals surface area (Å²) >= 11 is 0.